The molecule has 0 aromatic heterocycles. The minimum atomic E-state index is -3.96. The molecular formula is C27H30N2O6S. The number of ether oxygens (including phenoxy) is 3. The summed E-state index contributed by atoms with van der Waals surface area (Å²) in [6.45, 7) is 6.26. The fraction of sp³-hybridized carbons (Fsp3) is 0.296. The van der Waals surface area contributed by atoms with Crippen molar-refractivity contribution in [2.45, 2.75) is 31.8 Å². The fourth-order valence-electron chi connectivity index (χ4n) is 3.86. The smallest absolute Gasteiger partial charge is 0.264 e. The number of sulfonamides is 1. The highest BCUT2D eigenvalue weighted by molar-refractivity contribution is 7.92. The molecule has 3 aromatic rings. The Hall–Kier alpha value is -3.72. The monoisotopic (exact) mass is 510 g/mol. The molecule has 190 valence electrons. The van der Waals surface area contributed by atoms with E-state index in [9.17, 15) is 13.2 Å². The van der Waals surface area contributed by atoms with Crippen LogP contribution in [0.5, 0.6) is 17.2 Å². The van der Waals surface area contributed by atoms with Crippen molar-refractivity contribution >= 4 is 21.6 Å². The molecular weight excluding hydrogens is 480 g/mol. The number of methoxy groups -OCH3 is 1. The second-order valence-corrected chi connectivity index (χ2v) is 10.5. The van der Waals surface area contributed by atoms with Crippen molar-refractivity contribution in [1.29, 1.82) is 0 Å². The van der Waals surface area contributed by atoms with Crippen LogP contribution in [0.15, 0.2) is 65.6 Å². The van der Waals surface area contributed by atoms with Crippen LogP contribution in [-0.4, -0.2) is 47.2 Å². The molecule has 8 nitrogen and oxygen atoms in total. The molecule has 0 fully saturated rings. The highest BCUT2D eigenvalue weighted by Gasteiger charge is 2.37. The molecule has 0 bridgehead atoms. The van der Waals surface area contributed by atoms with Gasteiger partial charge in [0, 0.05) is 0 Å². The zero-order valence-electron chi connectivity index (χ0n) is 20.8. The van der Waals surface area contributed by atoms with Crippen molar-refractivity contribution in [3.8, 4) is 17.2 Å². The molecule has 0 saturated carbocycles. The van der Waals surface area contributed by atoms with E-state index >= 15 is 0 Å². The number of hydrogen-bond acceptors (Lipinski definition) is 6. The molecule has 1 heterocycles. The van der Waals surface area contributed by atoms with Crippen LogP contribution in [0.25, 0.3) is 0 Å². The molecule has 1 amide bonds. The maximum Gasteiger partial charge on any atom is 0.264 e. The molecule has 4 rings (SSSR count). The number of hydrogen-bond donors (Lipinski definition) is 1. The van der Waals surface area contributed by atoms with Gasteiger partial charge in [-0.15, -0.1) is 0 Å². The molecule has 0 radical (unpaired) electrons. The quantitative estimate of drug-likeness (QED) is 0.464. The molecule has 36 heavy (non-hydrogen) atoms. The normalized spacial score (nSPS) is 15.0. The Morgan fingerprint density at radius 1 is 1.00 bits per heavy atom. The number of carbonyl (C=O) groups is 1. The summed E-state index contributed by atoms with van der Waals surface area (Å²) in [5.74, 6) is 1.19. The lowest BCUT2D eigenvalue weighted by molar-refractivity contribution is -0.127. The van der Waals surface area contributed by atoms with Crippen molar-refractivity contribution in [2.75, 3.05) is 31.1 Å². The van der Waals surface area contributed by atoms with E-state index < -0.39 is 22.0 Å². The first-order valence-electron chi connectivity index (χ1n) is 11.6. The first-order valence-corrected chi connectivity index (χ1v) is 13.0. The molecule has 1 atom stereocenters. The minimum absolute atomic E-state index is 0.0959. The van der Waals surface area contributed by atoms with Gasteiger partial charge in [-0.1, -0.05) is 12.1 Å². The zero-order chi connectivity index (χ0) is 25.9. The molecule has 1 aliphatic rings. The predicted octanol–water partition coefficient (Wildman–Crippen LogP) is 3.77. The number of benzene rings is 3. The first kappa shape index (κ1) is 25.4. The highest BCUT2D eigenvalue weighted by atomic mass is 32.2. The van der Waals surface area contributed by atoms with Crippen LogP contribution in [-0.2, 0) is 14.8 Å². The Labute approximate surface area is 211 Å². The third kappa shape index (κ3) is 5.41. The van der Waals surface area contributed by atoms with Crippen LogP contribution in [0.2, 0.25) is 0 Å². The maximum absolute atomic E-state index is 13.6. The Kier molecular flexibility index (Phi) is 7.40. The Balaban J connectivity index is 1.48. The Bertz CT molecular complexity index is 1360. The van der Waals surface area contributed by atoms with Gasteiger partial charge in [-0.2, -0.15) is 0 Å². The number of nitrogens with zero attached hydrogens (tertiary/aromatic N) is 1. The van der Waals surface area contributed by atoms with E-state index in [0.29, 0.717) is 17.2 Å². The molecule has 1 aliphatic heterocycles. The van der Waals surface area contributed by atoms with Gasteiger partial charge >= 0.3 is 0 Å². The first-order chi connectivity index (χ1) is 17.2. The third-order valence-corrected chi connectivity index (χ3v) is 7.87. The second kappa shape index (κ2) is 10.5. The van der Waals surface area contributed by atoms with E-state index in [4.69, 9.17) is 14.2 Å². The van der Waals surface area contributed by atoms with Gasteiger partial charge in [-0.3, -0.25) is 9.10 Å². The molecule has 0 saturated heterocycles. The lowest BCUT2D eigenvalue weighted by Crippen LogP contribution is -2.51. The Morgan fingerprint density at radius 3 is 2.42 bits per heavy atom. The fourth-order valence-corrected chi connectivity index (χ4v) is 5.33. The number of fused-ring (bicyclic) bond motifs is 1. The van der Waals surface area contributed by atoms with Crippen LogP contribution in [0.4, 0.5) is 5.69 Å². The predicted molar refractivity (Wildman–Crippen MR) is 138 cm³/mol. The van der Waals surface area contributed by atoms with E-state index in [1.807, 2.05) is 45.0 Å². The van der Waals surface area contributed by atoms with Crippen LogP contribution in [0.1, 0.15) is 16.7 Å². The maximum atomic E-state index is 13.6. The molecule has 0 aliphatic carbocycles. The van der Waals surface area contributed by atoms with Gasteiger partial charge < -0.3 is 19.5 Å². The Morgan fingerprint density at radius 2 is 1.72 bits per heavy atom. The SMILES string of the molecule is COc1ccc(S(=O)(=O)N2C[C@@H](C(=O)NCCOc3ccc(C)c(C)c3)Oc3ccc(C)cc32)cc1. The van der Waals surface area contributed by atoms with Gasteiger partial charge in [0.1, 0.15) is 23.9 Å². The topological polar surface area (TPSA) is 94.2 Å². The van der Waals surface area contributed by atoms with E-state index in [1.54, 1.807) is 24.3 Å². The summed E-state index contributed by atoms with van der Waals surface area (Å²) in [6, 6.07) is 17.2. The lowest BCUT2D eigenvalue weighted by atomic mass is 10.1. The largest absolute Gasteiger partial charge is 0.497 e. The van der Waals surface area contributed by atoms with Gasteiger partial charge in [0.2, 0.25) is 0 Å². The van der Waals surface area contributed by atoms with E-state index in [1.165, 1.54) is 29.1 Å². The summed E-state index contributed by atoms with van der Waals surface area (Å²) >= 11 is 0. The number of anilines is 1. The van der Waals surface area contributed by atoms with Gasteiger partial charge in [0.15, 0.2) is 6.10 Å². The molecule has 0 spiro atoms. The van der Waals surface area contributed by atoms with Gasteiger partial charge in [-0.05, 0) is 86.0 Å². The molecule has 1 N–H and O–H groups in total. The van der Waals surface area contributed by atoms with Crippen molar-refractivity contribution < 1.29 is 27.4 Å². The van der Waals surface area contributed by atoms with E-state index in [-0.39, 0.29) is 24.6 Å². The molecule has 0 unspecified atom stereocenters. The van der Waals surface area contributed by atoms with Crippen molar-refractivity contribution in [3.05, 3.63) is 77.4 Å². The van der Waals surface area contributed by atoms with Crippen molar-refractivity contribution in [2.24, 2.45) is 0 Å². The lowest BCUT2D eigenvalue weighted by Gasteiger charge is -2.35. The number of rotatable bonds is 8. The average Bonchev–Trinajstić information content (AvgIpc) is 2.87. The minimum Gasteiger partial charge on any atom is -0.497 e. The van der Waals surface area contributed by atoms with Crippen LogP contribution in [0.3, 0.4) is 0 Å². The summed E-state index contributed by atoms with van der Waals surface area (Å²) < 4.78 is 45.2. The molecule has 3 aromatic carbocycles. The summed E-state index contributed by atoms with van der Waals surface area (Å²) in [7, 11) is -2.44. The highest BCUT2D eigenvalue weighted by Crippen LogP contribution is 2.38. The molecule has 9 heteroatoms. The summed E-state index contributed by atoms with van der Waals surface area (Å²) in [5.41, 5.74) is 3.57. The summed E-state index contributed by atoms with van der Waals surface area (Å²) in [5, 5.41) is 2.79. The van der Waals surface area contributed by atoms with Gasteiger partial charge in [0.05, 0.1) is 30.8 Å². The van der Waals surface area contributed by atoms with E-state index in [2.05, 4.69) is 5.32 Å². The number of carbonyl (C=O) groups excluding carboxylic acids is 1. The second-order valence-electron chi connectivity index (χ2n) is 8.67. The third-order valence-electron chi connectivity index (χ3n) is 6.07. The van der Waals surface area contributed by atoms with Gasteiger partial charge in [0.25, 0.3) is 15.9 Å². The van der Waals surface area contributed by atoms with Crippen molar-refractivity contribution in [1.82, 2.24) is 5.32 Å². The number of amides is 1. The standard InChI is InChI=1S/C27H30N2O6S/c1-18-5-12-25-24(15-18)29(36(31,32)23-10-8-21(33-4)9-11-23)17-26(35-25)27(30)28-13-14-34-22-7-6-19(2)20(3)16-22/h5-12,15-16,26H,13-14,17H2,1-4H3,(H,28,30)/t26-/m0/s1. The zero-order valence-corrected chi connectivity index (χ0v) is 21.6. The van der Waals surface area contributed by atoms with Crippen LogP contribution >= 0.6 is 0 Å². The van der Waals surface area contributed by atoms with Crippen molar-refractivity contribution in [3.63, 3.8) is 0 Å². The average molecular weight is 511 g/mol. The number of aryl methyl sites for hydroxylation is 3. The van der Waals surface area contributed by atoms with Gasteiger partial charge in [-0.25, -0.2) is 8.42 Å². The van der Waals surface area contributed by atoms with E-state index in [0.717, 1.165) is 16.9 Å². The van der Waals surface area contributed by atoms with Crippen LogP contribution in [0, 0.1) is 20.8 Å². The van der Waals surface area contributed by atoms with Crippen LogP contribution < -0.4 is 23.8 Å². The number of nitrogens with one attached hydrogen (secondary N) is 1. The summed E-state index contributed by atoms with van der Waals surface area (Å²) in [6.07, 6.45) is -1.02. The summed E-state index contributed by atoms with van der Waals surface area (Å²) in [4.78, 5) is 13.0.